The minimum Gasteiger partial charge on any atom is -0.338 e. The highest BCUT2D eigenvalue weighted by Crippen LogP contribution is 2.20. The smallest absolute Gasteiger partial charge is 0.241 e. The van der Waals surface area contributed by atoms with Crippen LogP contribution in [0, 0.1) is 0 Å². The highest BCUT2D eigenvalue weighted by molar-refractivity contribution is 6.30. The van der Waals surface area contributed by atoms with Gasteiger partial charge in [-0.3, -0.25) is 14.6 Å². The minimum atomic E-state index is 0.220. The average molecular weight is 452 g/mol. The Bertz CT molecular complexity index is 1080. The van der Waals surface area contributed by atoms with Crippen LogP contribution in [0.4, 0.5) is 0 Å². The quantitative estimate of drug-likeness (QED) is 0.594. The molecule has 1 fully saturated rings. The maximum atomic E-state index is 12.8. The van der Waals surface area contributed by atoms with Crippen LogP contribution in [0.15, 0.2) is 53.1 Å². The molecule has 5 rings (SSSR count). The summed E-state index contributed by atoms with van der Waals surface area (Å²) in [6.07, 6.45) is 0.942. The summed E-state index contributed by atoms with van der Waals surface area (Å²) in [7, 11) is 0. The molecule has 0 radical (unpaired) electrons. The third kappa shape index (κ3) is 4.85. The van der Waals surface area contributed by atoms with E-state index in [0.29, 0.717) is 29.8 Å². The van der Waals surface area contributed by atoms with E-state index < -0.39 is 0 Å². The van der Waals surface area contributed by atoms with E-state index in [1.165, 1.54) is 11.1 Å². The highest BCUT2D eigenvalue weighted by atomic mass is 35.5. The van der Waals surface area contributed by atoms with Crippen LogP contribution in [0.2, 0.25) is 5.02 Å². The first-order chi connectivity index (χ1) is 15.6. The fraction of sp³-hybridized carbons (Fsp3) is 0.375. The first-order valence-corrected chi connectivity index (χ1v) is 11.4. The Kier molecular flexibility index (Phi) is 6.21. The largest absolute Gasteiger partial charge is 0.338 e. The van der Waals surface area contributed by atoms with Crippen LogP contribution in [0.3, 0.4) is 0 Å². The molecule has 1 amide bonds. The number of carbonyl (C=O) groups excluding carboxylic acids is 1. The first-order valence-electron chi connectivity index (χ1n) is 11.0. The highest BCUT2D eigenvalue weighted by Gasteiger charge is 2.25. The second-order valence-corrected chi connectivity index (χ2v) is 8.84. The Morgan fingerprint density at radius 1 is 0.938 bits per heavy atom. The van der Waals surface area contributed by atoms with Gasteiger partial charge in [0.2, 0.25) is 17.6 Å². The summed E-state index contributed by atoms with van der Waals surface area (Å²) in [6, 6.07) is 15.8. The number of halogens is 1. The van der Waals surface area contributed by atoms with Gasteiger partial charge in [0, 0.05) is 49.9 Å². The number of carbonyl (C=O) groups is 1. The molecule has 1 saturated heterocycles. The number of benzene rings is 2. The standard InChI is InChI=1S/C24H26ClN5O2/c25-21-7-5-19(6-8-21)24-26-22(32-27-24)16-28-11-13-29(14-12-28)17-23(31)30-10-9-18-3-1-2-4-20(18)15-30/h1-8H,9-17H2. The number of fused-ring (bicyclic) bond motifs is 1. The number of nitrogens with zero attached hydrogens (tertiary/aromatic N) is 5. The van der Waals surface area contributed by atoms with Gasteiger partial charge in [0.25, 0.3) is 0 Å². The van der Waals surface area contributed by atoms with Gasteiger partial charge in [-0.1, -0.05) is 41.0 Å². The topological polar surface area (TPSA) is 65.7 Å². The molecule has 1 aromatic heterocycles. The van der Waals surface area contributed by atoms with E-state index in [1.807, 2.05) is 35.2 Å². The van der Waals surface area contributed by atoms with E-state index in [-0.39, 0.29) is 5.91 Å². The SMILES string of the molecule is O=C(CN1CCN(Cc2nc(-c3ccc(Cl)cc3)no2)CC1)N1CCc2ccccc2C1. The van der Waals surface area contributed by atoms with Gasteiger partial charge in [-0.05, 0) is 41.8 Å². The van der Waals surface area contributed by atoms with Crippen molar-refractivity contribution in [2.45, 2.75) is 19.5 Å². The van der Waals surface area contributed by atoms with Gasteiger partial charge < -0.3 is 9.42 Å². The van der Waals surface area contributed by atoms with Gasteiger partial charge in [-0.2, -0.15) is 4.98 Å². The monoisotopic (exact) mass is 451 g/mol. The Morgan fingerprint density at radius 2 is 1.66 bits per heavy atom. The fourth-order valence-electron chi connectivity index (χ4n) is 4.33. The fourth-order valence-corrected chi connectivity index (χ4v) is 4.46. The molecule has 0 spiro atoms. The third-order valence-corrected chi connectivity index (χ3v) is 6.49. The Hall–Kier alpha value is -2.74. The lowest BCUT2D eigenvalue weighted by Crippen LogP contribution is -2.50. The van der Waals surface area contributed by atoms with Gasteiger partial charge in [0.1, 0.15) is 0 Å². The number of piperazine rings is 1. The number of aromatic nitrogens is 2. The van der Waals surface area contributed by atoms with Crippen molar-refractivity contribution in [1.29, 1.82) is 0 Å². The normalized spacial score (nSPS) is 17.3. The van der Waals surface area contributed by atoms with Crippen LogP contribution in [0.1, 0.15) is 17.0 Å². The number of hydrogen-bond acceptors (Lipinski definition) is 6. The molecule has 2 aromatic carbocycles. The van der Waals surface area contributed by atoms with Crippen molar-refractivity contribution in [1.82, 2.24) is 24.8 Å². The van der Waals surface area contributed by atoms with Crippen molar-refractivity contribution in [3.05, 3.63) is 70.6 Å². The van der Waals surface area contributed by atoms with Gasteiger partial charge >= 0.3 is 0 Å². The molecule has 3 aromatic rings. The summed E-state index contributed by atoms with van der Waals surface area (Å²) in [5, 5.41) is 4.77. The lowest BCUT2D eigenvalue weighted by atomic mass is 10.00. The Balaban J connectivity index is 1.09. The number of hydrogen-bond donors (Lipinski definition) is 0. The molecular formula is C24H26ClN5O2. The molecular weight excluding hydrogens is 426 g/mol. The summed E-state index contributed by atoms with van der Waals surface area (Å²) in [5.74, 6) is 1.40. The van der Waals surface area contributed by atoms with Crippen LogP contribution < -0.4 is 0 Å². The lowest BCUT2D eigenvalue weighted by molar-refractivity contribution is -0.133. The molecule has 0 N–H and O–H groups in total. The van der Waals surface area contributed by atoms with Gasteiger partial charge in [-0.25, -0.2) is 0 Å². The lowest BCUT2D eigenvalue weighted by Gasteiger charge is -2.35. The zero-order chi connectivity index (χ0) is 21.9. The molecule has 3 heterocycles. The van der Waals surface area contributed by atoms with E-state index in [2.05, 4.69) is 38.1 Å². The average Bonchev–Trinajstić information content (AvgIpc) is 3.29. The van der Waals surface area contributed by atoms with Crippen molar-refractivity contribution in [3.63, 3.8) is 0 Å². The predicted molar refractivity (Wildman–Crippen MR) is 122 cm³/mol. The summed E-state index contributed by atoms with van der Waals surface area (Å²) in [5.41, 5.74) is 3.52. The molecule has 2 aliphatic heterocycles. The van der Waals surface area contributed by atoms with Crippen molar-refractivity contribution < 1.29 is 9.32 Å². The van der Waals surface area contributed by atoms with Crippen molar-refractivity contribution >= 4 is 17.5 Å². The maximum Gasteiger partial charge on any atom is 0.241 e. The second-order valence-electron chi connectivity index (χ2n) is 8.40. The van der Waals surface area contributed by atoms with E-state index >= 15 is 0 Å². The van der Waals surface area contributed by atoms with E-state index in [1.54, 1.807) is 0 Å². The Labute approximate surface area is 192 Å². The summed E-state index contributed by atoms with van der Waals surface area (Å²) < 4.78 is 5.44. The number of rotatable bonds is 5. The molecule has 0 atom stereocenters. The molecule has 32 heavy (non-hydrogen) atoms. The minimum absolute atomic E-state index is 0.220. The molecule has 0 bridgehead atoms. The van der Waals surface area contributed by atoms with Crippen LogP contribution in [-0.4, -0.2) is 70.0 Å². The van der Waals surface area contributed by atoms with Crippen molar-refractivity contribution in [2.75, 3.05) is 39.3 Å². The van der Waals surface area contributed by atoms with Gasteiger partial charge in [0.05, 0.1) is 13.1 Å². The summed E-state index contributed by atoms with van der Waals surface area (Å²) >= 11 is 5.94. The van der Waals surface area contributed by atoms with E-state index in [4.69, 9.17) is 16.1 Å². The summed E-state index contributed by atoms with van der Waals surface area (Å²) in [6.45, 7) is 6.08. The van der Waals surface area contributed by atoms with E-state index in [9.17, 15) is 4.79 Å². The Morgan fingerprint density at radius 3 is 2.44 bits per heavy atom. The molecule has 0 saturated carbocycles. The van der Waals surface area contributed by atoms with Crippen LogP contribution in [0.5, 0.6) is 0 Å². The van der Waals surface area contributed by atoms with Crippen molar-refractivity contribution in [2.24, 2.45) is 0 Å². The second kappa shape index (κ2) is 9.40. The van der Waals surface area contributed by atoms with E-state index in [0.717, 1.165) is 51.3 Å². The third-order valence-electron chi connectivity index (χ3n) is 6.24. The molecule has 0 unspecified atom stereocenters. The molecule has 7 nitrogen and oxygen atoms in total. The zero-order valence-electron chi connectivity index (χ0n) is 17.9. The van der Waals surface area contributed by atoms with Gasteiger partial charge in [-0.15, -0.1) is 0 Å². The zero-order valence-corrected chi connectivity index (χ0v) is 18.7. The van der Waals surface area contributed by atoms with Crippen molar-refractivity contribution in [3.8, 4) is 11.4 Å². The van der Waals surface area contributed by atoms with Gasteiger partial charge in [0.15, 0.2) is 0 Å². The molecule has 8 heteroatoms. The molecule has 166 valence electrons. The first kappa shape index (κ1) is 21.1. The predicted octanol–water partition coefficient (Wildman–Crippen LogP) is 3.09. The molecule has 0 aliphatic carbocycles. The molecule has 2 aliphatic rings. The number of amides is 1. The summed E-state index contributed by atoms with van der Waals surface area (Å²) in [4.78, 5) is 23.9. The maximum absolute atomic E-state index is 12.8. The van der Waals surface area contributed by atoms with Crippen LogP contribution >= 0.6 is 11.6 Å². The van der Waals surface area contributed by atoms with Crippen LogP contribution in [0.25, 0.3) is 11.4 Å². The van der Waals surface area contributed by atoms with Crippen LogP contribution in [-0.2, 0) is 24.3 Å².